The summed E-state index contributed by atoms with van der Waals surface area (Å²) in [5, 5.41) is 9.77. The van der Waals surface area contributed by atoms with Gasteiger partial charge in [-0.1, -0.05) is 30.3 Å². The Morgan fingerprint density at radius 2 is 1.65 bits per heavy atom. The molecule has 122 valence electrons. The molecule has 0 saturated carbocycles. The molecule has 0 amide bonds. The van der Waals surface area contributed by atoms with Crippen LogP contribution in [0.15, 0.2) is 54.9 Å². The number of aliphatic hydroxyl groups excluding tert-OH is 1. The zero-order valence-corrected chi connectivity index (χ0v) is 13.5. The van der Waals surface area contributed by atoms with Crippen LogP contribution >= 0.6 is 0 Å². The van der Waals surface area contributed by atoms with E-state index in [-0.39, 0.29) is 12.6 Å². The third-order valence-corrected chi connectivity index (χ3v) is 4.67. The molecule has 0 radical (unpaired) electrons. The fraction of sp³-hybridized carbons (Fsp3) is 0.421. The molecule has 1 fully saturated rings. The van der Waals surface area contributed by atoms with Crippen molar-refractivity contribution in [2.24, 2.45) is 0 Å². The maximum Gasteiger partial charge on any atom is 0.0628 e. The van der Waals surface area contributed by atoms with E-state index >= 15 is 0 Å². The Hall–Kier alpha value is -1.75. The van der Waals surface area contributed by atoms with Crippen LogP contribution in [0.2, 0.25) is 0 Å². The summed E-state index contributed by atoms with van der Waals surface area (Å²) < 4.78 is 0. The lowest BCUT2D eigenvalue weighted by atomic mass is 10.1. The van der Waals surface area contributed by atoms with Crippen molar-refractivity contribution < 1.29 is 5.11 Å². The van der Waals surface area contributed by atoms with Gasteiger partial charge < -0.3 is 10.0 Å². The molecule has 2 aromatic rings. The molecule has 1 unspecified atom stereocenters. The zero-order chi connectivity index (χ0) is 15.9. The highest BCUT2D eigenvalue weighted by Crippen LogP contribution is 2.21. The molecule has 1 aromatic carbocycles. The number of benzene rings is 1. The summed E-state index contributed by atoms with van der Waals surface area (Å²) in [5.41, 5.74) is 2.56. The maximum atomic E-state index is 9.77. The summed E-state index contributed by atoms with van der Waals surface area (Å²) in [4.78, 5) is 8.97. The van der Waals surface area contributed by atoms with Crippen LogP contribution in [0.1, 0.15) is 17.2 Å². The Balaban J connectivity index is 1.50. The topological polar surface area (TPSA) is 39.6 Å². The molecule has 0 spiro atoms. The molecular weight excluding hydrogens is 286 g/mol. The van der Waals surface area contributed by atoms with Gasteiger partial charge in [0.15, 0.2) is 0 Å². The fourth-order valence-electron chi connectivity index (χ4n) is 3.25. The van der Waals surface area contributed by atoms with Crippen LogP contribution in [-0.2, 0) is 6.42 Å². The van der Waals surface area contributed by atoms with Crippen LogP contribution < -0.4 is 0 Å². The van der Waals surface area contributed by atoms with Gasteiger partial charge >= 0.3 is 0 Å². The Labute approximate surface area is 138 Å². The molecule has 1 N–H and O–H groups in total. The van der Waals surface area contributed by atoms with Crippen molar-refractivity contribution in [1.29, 1.82) is 0 Å². The van der Waals surface area contributed by atoms with Gasteiger partial charge in [-0.05, 0) is 29.7 Å². The molecule has 4 nitrogen and oxygen atoms in total. The van der Waals surface area contributed by atoms with Crippen molar-refractivity contribution in [2.45, 2.75) is 12.5 Å². The Bertz CT molecular complexity index is 568. The largest absolute Gasteiger partial charge is 0.394 e. The SMILES string of the molecule is OCC(c1ccncc1)N1CCN(CCc2ccccc2)CC1. The first-order valence-corrected chi connectivity index (χ1v) is 8.38. The summed E-state index contributed by atoms with van der Waals surface area (Å²) in [6, 6.07) is 14.8. The molecule has 1 aliphatic rings. The van der Waals surface area contributed by atoms with Crippen molar-refractivity contribution in [3.63, 3.8) is 0 Å². The number of hydrogen-bond donors (Lipinski definition) is 1. The Kier molecular flexibility index (Phi) is 5.75. The van der Waals surface area contributed by atoms with Crippen LogP contribution in [0.5, 0.6) is 0 Å². The van der Waals surface area contributed by atoms with Gasteiger partial charge in [-0.3, -0.25) is 9.88 Å². The van der Waals surface area contributed by atoms with E-state index < -0.39 is 0 Å². The van der Waals surface area contributed by atoms with E-state index in [9.17, 15) is 5.11 Å². The minimum Gasteiger partial charge on any atom is -0.394 e. The van der Waals surface area contributed by atoms with Gasteiger partial charge in [0.2, 0.25) is 0 Å². The van der Waals surface area contributed by atoms with E-state index in [2.05, 4.69) is 45.1 Å². The predicted molar refractivity (Wildman–Crippen MR) is 92.2 cm³/mol. The first-order chi connectivity index (χ1) is 11.4. The van der Waals surface area contributed by atoms with Crippen LogP contribution in [-0.4, -0.2) is 59.2 Å². The average Bonchev–Trinajstić information content (AvgIpc) is 2.63. The second kappa shape index (κ2) is 8.20. The van der Waals surface area contributed by atoms with Crippen LogP contribution in [0.4, 0.5) is 0 Å². The van der Waals surface area contributed by atoms with Gasteiger partial charge in [0.05, 0.1) is 12.6 Å². The number of rotatable bonds is 6. The van der Waals surface area contributed by atoms with Crippen LogP contribution in [0.3, 0.4) is 0 Å². The molecule has 4 heteroatoms. The standard InChI is InChI=1S/C19H25N3O/c23-16-19(18-6-9-20-10-7-18)22-14-12-21(13-15-22)11-8-17-4-2-1-3-5-17/h1-7,9-10,19,23H,8,11-16H2. The van der Waals surface area contributed by atoms with Gasteiger partial charge in [0.25, 0.3) is 0 Å². The third kappa shape index (κ3) is 4.38. The molecule has 0 bridgehead atoms. The lowest BCUT2D eigenvalue weighted by Crippen LogP contribution is -2.48. The normalized spacial score (nSPS) is 18.0. The van der Waals surface area contributed by atoms with E-state index in [0.29, 0.717) is 0 Å². The maximum absolute atomic E-state index is 9.77. The van der Waals surface area contributed by atoms with Gasteiger partial charge in [0, 0.05) is 45.1 Å². The minimum absolute atomic E-state index is 0.0919. The smallest absolute Gasteiger partial charge is 0.0628 e. The molecule has 1 saturated heterocycles. The van der Waals surface area contributed by atoms with Gasteiger partial charge in [-0.2, -0.15) is 0 Å². The van der Waals surface area contributed by atoms with Crippen LogP contribution in [0.25, 0.3) is 0 Å². The predicted octanol–water partition coefficient (Wildman–Crippen LogP) is 1.98. The monoisotopic (exact) mass is 311 g/mol. The first-order valence-electron chi connectivity index (χ1n) is 8.38. The average molecular weight is 311 g/mol. The molecular formula is C19H25N3O. The summed E-state index contributed by atoms with van der Waals surface area (Å²) in [6.45, 7) is 5.40. The highest BCUT2D eigenvalue weighted by atomic mass is 16.3. The van der Waals surface area contributed by atoms with Crippen molar-refractivity contribution in [2.75, 3.05) is 39.3 Å². The number of aromatic nitrogens is 1. The number of pyridine rings is 1. The Morgan fingerprint density at radius 1 is 0.957 bits per heavy atom. The molecule has 0 aliphatic carbocycles. The van der Waals surface area contributed by atoms with E-state index in [1.165, 1.54) is 5.56 Å². The summed E-state index contributed by atoms with van der Waals surface area (Å²) in [5.74, 6) is 0. The van der Waals surface area contributed by atoms with Gasteiger partial charge in [0.1, 0.15) is 0 Å². The quantitative estimate of drug-likeness (QED) is 0.885. The Morgan fingerprint density at radius 3 is 2.30 bits per heavy atom. The second-order valence-electron chi connectivity index (χ2n) is 6.09. The number of hydrogen-bond acceptors (Lipinski definition) is 4. The van der Waals surface area contributed by atoms with Crippen molar-refractivity contribution in [1.82, 2.24) is 14.8 Å². The van der Waals surface area contributed by atoms with Gasteiger partial charge in [-0.25, -0.2) is 0 Å². The van der Waals surface area contributed by atoms with E-state index in [0.717, 1.165) is 44.7 Å². The second-order valence-corrected chi connectivity index (χ2v) is 6.09. The highest BCUT2D eigenvalue weighted by Gasteiger charge is 2.24. The lowest BCUT2D eigenvalue weighted by molar-refractivity contribution is 0.0655. The summed E-state index contributed by atoms with van der Waals surface area (Å²) in [7, 11) is 0. The zero-order valence-electron chi connectivity index (χ0n) is 13.5. The number of aliphatic hydroxyl groups is 1. The first kappa shape index (κ1) is 16.1. The number of piperazine rings is 1. The lowest BCUT2D eigenvalue weighted by Gasteiger charge is -2.38. The fourth-order valence-corrected chi connectivity index (χ4v) is 3.25. The van der Waals surface area contributed by atoms with E-state index in [4.69, 9.17) is 0 Å². The van der Waals surface area contributed by atoms with E-state index in [1.807, 2.05) is 12.1 Å². The van der Waals surface area contributed by atoms with Crippen molar-refractivity contribution >= 4 is 0 Å². The molecule has 23 heavy (non-hydrogen) atoms. The van der Waals surface area contributed by atoms with E-state index in [1.54, 1.807) is 12.4 Å². The molecule has 1 atom stereocenters. The summed E-state index contributed by atoms with van der Waals surface area (Å²) in [6.07, 6.45) is 4.71. The molecule has 1 aromatic heterocycles. The minimum atomic E-state index is 0.0919. The number of nitrogens with zero attached hydrogens (tertiary/aromatic N) is 3. The highest BCUT2D eigenvalue weighted by molar-refractivity contribution is 5.16. The molecule has 3 rings (SSSR count). The van der Waals surface area contributed by atoms with Crippen LogP contribution in [0, 0.1) is 0 Å². The van der Waals surface area contributed by atoms with Crippen molar-refractivity contribution in [3.8, 4) is 0 Å². The van der Waals surface area contributed by atoms with Gasteiger partial charge in [-0.15, -0.1) is 0 Å². The molecule has 2 heterocycles. The molecule has 1 aliphatic heterocycles. The third-order valence-electron chi connectivity index (χ3n) is 4.67. The van der Waals surface area contributed by atoms with Crippen molar-refractivity contribution in [3.05, 3.63) is 66.0 Å². The summed E-state index contributed by atoms with van der Waals surface area (Å²) >= 11 is 0.